The van der Waals surface area contributed by atoms with Crippen LogP contribution in [-0.4, -0.2) is 41.1 Å². The fourth-order valence-electron chi connectivity index (χ4n) is 2.43. The molecule has 0 saturated carbocycles. The summed E-state index contributed by atoms with van der Waals surface area (Å²) in [6.07, 6.45) is 1.42. The number of carbonyl (C=O) groups excluding carboxylic acids is 2. The third kappa shape index (κ3) is 2.43. The van der Waals surface area contributed by atoms with Crippen molar-refractivity contribution in [2.45, 2.75) is 25.6 Å². The number of aromatic nitrogens is 1. The molecule has 0 spiro atoms. The second-order valence-electron chi connectivity index (χ2n) is 5.01. The van der Waals surface area contributed by atoms with Crippen molar-refractivity contribution >= 4 is 17.6 Å². The molecule has 20 heavy (non-hydrogen) atoms. The molecule has 106 valence electrons. The van der Waals surface area contributed by atoms with Gasteiger partial charge in [-0.3, -0.25) is 4.79 Å². The molecule has 2 aliphatic rings. The first-order chi connectivity index (χ1) is 9.63. The summed E-state index contributed by atoms with van der Waals surface area (Å²) in [5.74, 6) is -0.192. The van der Waals surface area contributed by atoms with Gasteiger partial charge in [0.05, 0.1) is 11.9 Å². The second-order valence-corrected chi connectivity index (χ2v) is 5.01. The van der Waals surface area contributed by atoms with Crippen LogP contribution in [0, 0.1) is 0 Å². The van der Waals surface area contributed by atoms with Crippen molar-refractivity contribution in [3.63, 3.8) is 0 Å². The molecule has 6 nitrogen and oxygen atoms in total. The number of amides is 3. The number of hydrogen-bond acceptors (Lipinski definition) is 3. The van der Waals surface area contributed by atoms with Crippen LogP contribution in [0.4, 0.5) is 14.9 Å². The Kier molecular flexibility index (Phi) is 3.25. The summed E-state index contributed by atoms with van der Waals surface area (Å²) in [4.78, 5) is 29.0. The molecule has 0 aromatic carbocycles. The first-order valence-electron chi connectivity index (χ1n) is 6.60. The second kappa shape index (κ2) is 5.07. The van der Waals surface area contributed by atoms with Gasteiger partial charge in [0.1, 0.15) is 11.9 Å². The topological polar surface area (TPSA) is 74.3 Å². The molecule has 3 heterocycles. The fourth-order valence-corrected chi connectivity index (χ4v) is 2.43. The quantitative estimate of drug-likeness (QED) is 0.813. The maximum Gasteiger partial charge on any atom is 0.321 e. The molecule has 0 radical (unpaired) electrons. The third-order valence-electron chi connectivity index (χ3n) is 3.58. The third-order valence-corrected chi connectivity index (χ3v) is 3.58. The molecular weight excluding hydrogens is 263 g/mol. The van der Waals surface area contributed by atoms with Gasteiger partial charge in [-0.2, -0.15) is 0 Å². The SMILES string of the molecule is O=C1NCc2cc(NC(=O)N3CCC(F)CC3)cnc21. The maximum absolute atomic E-state index is 13.0. The van der Waals surface area contributed by atoms with Crippen LogP contribution >= 0.6 is 0 Å². The van der Waals surface area contributed by atoms with Crippen molar-refractivity contribution in [1.29, 1.82) is 0 Å². The predicted molar refractivity (Wildman–Crippen MR) is 70.1 cm³/mol. The lowest BCUT2D eigenvalue weighted by Crippen LogP contribution is -2.41. The molecule has 1 aromatic rings. The van der Waals surface area contributed by atoms with E-state index in [2.05, 4.69) is 15.6 Å². The van der Waals surface area contributed by atoms with E-state index < -0.39 is 6.17 Å². The number of urea groups is 1. The minimum Gasteiger partial charge on any atom is -0.347 e. The van der Waals surface area contributed by atoms with Gasteiger partial charge in [0.15, 0.2) is 0 Å². The lowest BCUT2D eigenvalue weighted by molar-refractivity contribution is 0.0961. The van der Waals surface area contributed by atoms with Crippen molar-refractivity contribution in [3.8, 4) is 0 Å². The van der Waals surface area contributed by atoms with E-state index in [0.29, 0.717) is 43.9 Å². The average molecular weight is 278 g/mol. The first kappa shape index (κ1) is 12.8. The van der Waals surface area contributed by atoms with Crippen molar-refractivity contribution in [2.75, 3.05) is 18.4 Å². The Labute approximate surface area is 115 Å². The standard InChI is InChI=1S/C13H15FN4O2/c14-9-1-3-18(4-2-9)13(20)17-10-5-8-6-16-12(19)11(8)15-7-10/h5,7,9H,1-4,6H2,(H,16,19)(H,17,20). The van der Waals surface area contributed by atoms with Gasteiger partial charge >= 0.3 is 6.03 Å². The van der Waals surface area contributed by atoms with Gasteiger partial charge in [-0.25, -0.2) is 14.2 Å². The average Bonchev–Trinajstić information content (AvgIpc) is 2.81. The van der Waals surface area contributed by atoms with Gasteiger partial charge in [-0.05, 0) is 18.9 Å². The van der Waals surface area contributed by atoms with Crippen LogP contribution in [0.1, 0.15) is 28.9 Å². The number of fused-ring (bicyclic) bond motifs is 1. The van der Waals surface area contributed by atoms with E-state index in [0.717, 1.165) is 5.56 Å². The number of rotatable bonds is 1. The molecule has 0 aliphatic carbocycles. The number of nitrogens with one attached hydrogen (secondary N) is 2. The highest BCUT2D eigenvalue weighted by atomic mass is 19.1. The fraction of sp³-hybridized carbons (Fsp3) is 0.462. The van der Waals surface area contributed by atoms with Gasteiger partial charge in [-0.1, -0.05) is 0 Å². The van der Waals surface area contributed by atoms with Crippen LogP contribution in [0.3, 0.4) is 0 Å². The van der Waals surface area contributed by atoms with Crippen LogP contribution in [0.15, 0.2) is 12.3 Å². The zero-order valence-electron chi connectivity index (χ0n) is 10.9. The predicted octanol–water partition coefficient (Wildman–Crippen LogP) is 1.29. The molecular formula is C13H15FN4O2. The van der Waals surface area contributed by atoms with Gasteiger partial charge in [0.25, 0.3) is 5.91 Å². The maximum atomic E-state index is 13.0. The number of piperidine rings is 1. The van der Waals surface area contributed by atoms with Gasteiger partial charge in [0, 0.05) is 25.2 Å². The summed E-state index contributed by atoms with van der Waals surface area (Å²) in [6.45, 7) is 1.27. The number of halogens is 1. The van der Waals surface area contributed by atoms with Crippen molar-refractivity contribution in [1.82, 2.24) is 15.2 Å². The normalized spacial score (nSPS) is 18.6. The van der Waals surface area contributed by atoms with E-state index in [4.69, 9.17) is 0 Å². The summed E-state index contributed by atoms with van der Waals surface area (Å²) in [7, 11) is 0. The van der Waals surface area contributed by atoms with E-state index >= 15 is 0 Å². The number of likely N-dealkylation sites (tertiary alicyclic amines) is 1. The van der Waals surface area contributed by atoms with E-state index in [9.17, 15) is 14.0 Å². The zero-order chi connectivity index (χ0) is 14.1. The Hall–Kier alpha value is -2.18. The first-order valence-corrected chi connectivity index (χ1v) is 6.60. The van der Waals surface area contributed by atoms with E-state index in [-0.39, 0.29) is 11.9 Å². The highest BCUT2D eigenvalue weighted by Crippen LogP contribution is 2.19. The monoisotopic (exact) mass is 278 g/mol. The summed E-state index contributed by atoms with van der Waals surface area (Å²) in [5, 5.41) is 5.40. The van der Waals surface area contributed by atoms with Gasteiger partial charge in [-0.15, -0.1) is 0 Å². The van der Waals surface area contributed by atoms with Crippen molar-refractivity contribution in [3.05, 3.63) is 23.5 Å². The largest absolute Gasteiger partial charge is 0.347 e. The highest BCUT2D eigenvalue weighted by Gasteiger charge is 2.24. The number of anilines is 1. The molecule has 3 amide bonds. The Morgan fingerprint density at radius 1 is 1.45 bits per heavy atom. The molecule has 1 saturated heterocycles. The van der Waals surface area contributed by atoms with Gasteiger partial charge < -0.3 is 15.5 Å². The highest BCUT2D eigenvalue weighted by molar-refractivity contribution is 5.97. The van der Waals surface area contributed by atoms with E-state index in [1.165, 1.54) is 6.20 Å². The van der Waals surface area contributed by atoms with Gasteiger partial charge in [0.2, 0.25) is 0 Å². The molecule has 2 aliphatic heterocycles. The Balaban J connectivity index is 1.66. The number of alkyl halides is 1. The van der Waals surface area contributed by atoms with E-state index in [1.54, 1.807) is 11.0 Å². The molecule has 0 atom stereocenters. The Bertz CT molecular complexity index is 555. The van der Waals surface area contributed by atoms with Crippen LogP contribution in [0.2, 0.25) is 0 Å². The van der Waals surface area contributed by atoms with Crippen molar-refractivity contribution in [2.24, 2.45) is 0 Å². The number of hydrogen-bond donors (Lipinski definition) is 2. The minimum atomic E-state index is -0.808. The smallest absolute Gasteiger partial charge is 0.321 e. The molecule has 1 aromatic heterocycles. The summed E-state index contributed by atoms with van der Waals surface area (Å²) < 4.78 is 13.0. The van der Waals surface area contributed by atoms with Crippen LogP contribution in [0.25, 0.3) is 0 Å². The molecule has 1 fully saturated rings. The minimum absolute atomic E-state index is 0.192. The Morgan fingerprint density at radius 3 is 2.95 bits per heavy atom. The molecule has 2 N–H and O–H groups in total. The summed E-state index contributed by atoms with van der Waals surface area (Å²) in [6, 6.07) is 1.48. The zero-order valence-corrected chi connectivity index (χ0v) is 10.9. The van der Waals surface area contributed by atoms with Crippen LogP contribution in [-0.2, 0) is 6.54 Å². The molecule has 3 rings (SSSR count). The van der Waals surface area contributed by atoms with Crippen molar-refractivity contribution < 1.29 is 14.0 Å². The molecule has 0 bridgehead atoms. The molecule has 0 unspecified atom stereocenters. The van der Waals surface area contributed by atoms with Crippen LogP contribution in [0.5, 0.6) is 0 Å². The van der Waals surface area contributed by atoms with E-state index in [1.807, 2.05) is 0 Å². The lowest BCUT2D eigenvalue weighted by Gasteiger charge is -2.28. The Morgan fingerprint density at radius 2 is 2.20 bits per heavy atom. The summed E-state index contributed by atoms with van der Waals surface area (Å²) >= 11 is 0. The van der Waals surface area contributed by atoms with Crippen LogP contribution < -0.4 is 10.6 Å². The number of nitrogens with zero attached hydrogens (tertiary/aromatic N) is 2. The lowest BCUT2D eigenvalue weighted by atomic mass is 10.1. The number of pyridine rings is 1. The molecule has 7 heteroatoms. The summed E-state index contributed by atoms with van der Waals surface area (Å²) in [5.41, 5.74) is 1.73. The number of carbonyl (C=O) groups is 2.